The zero-order valence-corrected chi connectivity index (χ0v) is 21.0. The van der Waals surface area contributed by atoms with Crippen LogP contribution < -0.4 is 0 Å². The molecule has 0 spiro atoms. The van der Waals surface area contributed by atoms with Gasteiger partial charge in [0.1, 0.15) is 5.58 Å². The fraction of sp³-hybridized carbons (Fsp3) is 0.379. The molecule has 0 bridgehead atoms. The van der Waals surface area contributed by atoms with E-state index in [0.29, 0.717) is 31.9 Å². The van der Waals surface area contributed by atoms with Crippen LogP contribution in [0.5, 0.6) is 0 Å². The van der Waals surface area contributed by atoms with Gasteiger partial charge in [-0.05, 0) is 28.7 Å². The van der Waals surface area contributed by atoms with E-state index in [0.717, 1.165) is 29.6 Å². The highest BCUT2D eigenvalue weighted by molar-refractivity contribution is 6.16. The van der Waals surface area contributed by atoms with E-state index in [2.05, 4.69) is 25.7 Å². The summed E-state index contributed by atoms with van der Waals surface area (Å²) in [5, 5.41) is 11.8. The zero-order valence-electron chi connectivity index (χ0n) is 21.0. The number of ether oxygens (including phenoxy) is 1. The number of carbonyl (C=O) groups excluding carboxylic acids is 2. The molecule has 0 unspecified atom stereocenters. The van der Waals surface area contributed by atoms with Crippen molar-refractivity contribution < 1.29 is 23.8 Å². The standard InChI is InChI=1S/C29H32N2O5/c1-29(2,3)21-10-8-19(9-11-21)25-24(26(32)23-18-20-6-4-5-7-22(20)36-23)27(33)28(34)31(25)13-12-30-14-16-35-17-15-30/h4-11,18,25,33H,12-17H2,1-3H3/t25-/m0/s1. The third-order valence-corrected chi connectivity index (χ3v) is 7.05. The van der Waals surface area contributed by atoms with Gasteiger partial charge >= 0.3 is 0 Å². The van der Waals surface area contributed by atoms with Crippen LogP contribution in [-0.2, 0) is 14.9 Å². The number of aliphatic hydroxyl groups excluding tert-OH is 1. The number of ketones is 1. The van der Waals surface area contributed by atoms with Gasteiger partial charge in [0.25, 0.3) is 5.91 Å². The molecule has 5 rings (SSSR count). The predicted molar refractivity (Wildman–Crippen MR) is 137 cm³/mol. The highest BCUT2D eigenvalue weighted by atomic mass is 16.5. The molecule has 188 valence electrons. The molecule has 1 amide bonds. The molecule has 1 saturated heterocycles. The molecule has 3 aromatic rings. The minimum absolute atomic E-state index is 0.0368. The van der Waals surface area contributed by atoms with Crippen LogP contribution in [0, 0.1) is 0 Å². The van der Waals surface area contributed by atoms with Crippen molar-refractivity contribution in [2.24, 2.45) is 0 Å². The Balaban J connectivity index is 1.51. The van der Waals surface area contributed by atoms with Crippen molar-refractivity contribution in [2.45, 2.75) is 32.2 Å². The Kier molecular flexibility index (Phi) is 6.45. The fourth-order valence-corrected chi connectivity index (χ4v) is 4.93. The largest absolute Gasteiger partial charge is 0.503 e. The molecular formula is C29H32N2O5. The van der Waals surface area contributed by atoms with E-state index in [9.17, 15) is 14.7 Å². The van der Waals surface area contributed by atoms with Crippen LogP contribution in [0.3, 0.4) is 0 Å². The summed E-state index contributed by atoms with van der Waals surface area (Å²) in [6, 6.07) is 16.3. The molecule has 36 heavy (non-hydrogen) atoms. The van der Waals surface area contributed by atoms with Gasteiger partial charge in [0, 0.05) is 31.6 Å². The maximum atomic E-state index is 13.7. The van der Waals surface area contributed by atoms with E-state index in [1.54, 1.807) is 17.0 Å². The molecular weight excluding hydrogens is 456 g/mol. The van der Waals surface area contributed by atoms with Gasteiger partial charge < -0.3 is 19.2 Å². The summed E-state index contributed by atoms with van der Waals surface area (Å²) in [6.45, 7) is 10.3. The normalized spacial score (nSPS) is 19.5. The second-order valence-electron chi connectivity index (χ2n) is 10.5. The second-order valence-corrected chi connectivity index (χ2v) is 10.5. The molecule has 1 N–H and O–H groups in total. The molecule has 0 saturated carbocycles. The van der Waals surface area contributed by atoms with E-state index in [-0.39, 0.29) is 16.7 Å². The minimum atomic E-state index is -0.701. The molecule has 0 aliphatic carbocycles. The summed E-state index contributed by atoms with van der Waals surface area (Å²) in [6.07, 6.45) is 0. The summed E-state index contributed by atoms with van der Waals surface area (Å²) in [4.78, 5) is 30.8. The number of carbonyl (C=O) groups is 2. The average Bonchev–Trinajstić information content (AvgIpc) is 3.42. The Morgan fingerprint density at radius 1 is 1.03 bits per heavy atom. The first-order valence-electron chi connectivity index (χ1n) is 12.4. The van der Waals surface area contributed by atoms with Gasteiger partial charge in [-0.3, -0.25) is 14.5 Å². The van der Waals surface area contributed by atoms with Crippen LogP contribution in [0.15, 0.2) is 70.3 Å². The van der Waals surface area contributed by atoms with E-state index >= 15 is 0 Å². The molecule has 3 heterocycles. The maximum Gasteiger partial charge on any atom is 0.290 e. The first-order chi connectivity index (χ1) is 17.2. The summed E-state index contributed by atoms with van der Waals surface area (Å²) in [5.74, 6) is -1.41. The predicted octanol–water partition coefficient (Wildman–Crippen LogP) is 4.64. The molecule has 2 aliphatic rings. The highest BCUT2D eigenvalue weighted by Crippen LogP contribution is 2.40. The molecule has 2 aromatic carbocycles. The van der Waals surface area contributed by atoms with Gasteiger partial charge in [-0.15, -0.1) is 0 Å². The van der Waals surface area contributed by atoms with Crippen molar-refractivity contribution in [3.8, 4) is 0 Å². The zero-order chi connectivity index (χ0) is 25.4. The molecule has 1 atom stereocenters. The lowest BCUT2D eigenvalue weighted by Gasteiger charge is -2.32. The number of para-hydroxylation sites is 1. The van der Waals surface area contributed by atoms with Crippen LogP contribution in [0.2, 0.25) is 0 Å². The minimum Gasteiger partial charge on any atom is -0.503 e. The van der Waals surface area contributed by atoms with E-state index < -0.39 is 23.5 Å². The Labute approximate surface area is 210 Å². The van der Waals surface area contributed by atoms with E-state index in [4.69, 9.17) is 9.15 Å². The maximum absolute atomic E-state index is 13.7. The molecule has 1 aromatic heterocycles. The number of aliphatic hydroxyl groups is 1. The van der Waals surface area contributed by atoms with Gasteiger partial charge in [-0.1, -0.05) is 63.2 Å². The van der Waals surface area contributed by atoms with Crippen molar-refractivity contribution in [3.63, 3.8) is 0 Å². The van der Waals surface area contributed by atoms with Crippen molar-refractivity contribution >= 4 is 22.7 Å². The van der Waals surface area contributed by atoms with Gasteiger partial charge in [-0.25, -0.2) is 0 Å². The van der Waals surface area contributed by atoms with Crippen molar-refractivity contribution in [1.29, 1.82) is 0 Å². The van der Waals surface area contributed by atoms with Gasteiger partial charge in [0.05, 0.1) is 24.8 Å². The number of amides is 1. The number of hydrogen-bond acceptors (Lipinski definition) is 6. The van der Waals surface area contributed by atoms with Gasteiger partial charge in [0.2, 0.25) is 5.78 Å². The van der Waals surface area contributed by atoms with Crippen LogP contribution in [0.25, 0.3) is 11.0 Å². The van der Waals surface area contributed by atoms with Crippen molar-refractivity contribution in [1.82, 2.24) is 9.80 Å². The second kappa shape index (κ2) is 9.56. The van der Waals surface area contributed by atoms with E-state index in [1.807, 2.05) is 42.5 Å². The van der Waals surface area contributed by atoms with Gasteiger partial charge in [-0.2, -0.15) is 0 Å². The number of furan rings is 1. The Morgan fingerprint density at radius 3 is 2.39 bits per heavy atom. The van der Waals surface area contributed by atoms with Gasteiger partial charge in [0.15, 0.2) is 11.5 Å². The van der Waals surface area contributed by atoms with Crippen LogP contribution in [0.1, 0.15) is 48.5 Å². The smallest absolute Gasteiger partial charge is 0.290 e. The molecule has 7 nitrogen and oxygen atoms in total. The first kappa shape index (κ1) is 24.3. The van der Waals surface area contributed by atoms with Crippen LogP contribution >= 0.6 is 0 Å². The summed E-state index contributed by atoms with van der Waals surface area (Å²) < 4.78 is 11.3. The van der Waals surface area contributed by atoms with E-state index in [1.165, 1.54) is 0 Å². The monoisotopic (exact) mass is 488 g/mol. The Morgan fingerprint density at radius 2 is 1.72 bits per heavy atom. The Bertz CT molecular complexity index is 1280. The fourth-order valence-electron chi connectivity index (χ4n) is 4.93. The lowest BCUT2D eigenvalue weighted by molar-refractivity contribution is -0.129. The molecule has 2 aliphatic heterocycles. The topological polar surface area (TPSA) is 83.2 Å². The lowest BCUT2D eigenvalue weighted by Crippen LogP contribution is -2.43. The third-order valence-electron chi connectivity index (χ3n) is 7.05. The number of fused-ring (bicyclic) bond motifs is 1. The lowest BCUT2D eigenvalue weighted by atomic mass is 9.85. The average molecular weight is 489 g/mol. The number of morpholine rings is 1. The summed E-state index contributed by atoms with van der Waals surface area (Å²) in [7, 11) is 0. The summed E-state index contributed by atoms with van der Waals surface area (Å²) >= 11 is 0. The number of Topliss-reactive ketones (excluding diaryl/α,β-unsaturated/α-hetero) is 1. The van der Waals surface area contributed by atoms with Crippen LogP contribution in [0.4, 0.5) is 0 Å². The number of hydrogen-bond donors (Lipinski definition) is 1. The SMILES string of the molecule is CC(C)(C)c1ccc([C@H]2C(C(=O)c3cc4ccccc4o3)=C(O)C(=O)N2CCN2CCOCC2)cc1. The van der Waals surface area contributed by atoms with Crippen LogP contribution in [-0.4, -0.2) is 66.0 Å². The Hall–Kier alpha value is -3.42. The molecule has 0 radical (unpaired) electrons. The first-order valence-corrected chi connectivity index (χ1v) is 12.4. The molecule has 1 fully saturated rings. The number of rotatable bonds is 6. The van der Waals surface area contributed by atoms with Crippen molar-refractivity contribution in [2.75, 3.05) is 39.4 Å². The molecule has 7 heteroatoms. The number of benzene rings is 2. The number of nitrogens with zero attached hydrogens (tertiary/aromatic N) is 2. The quantitative estimate of drug-likeness (QED) is 0.509. The summed E-state index contributed by atoms with van der Waals surface area (Å²) in [5.41, 5.74) is 2.53. The van der Waals surface area contributed by atoms with Crippen molar-refractivity contribution in [3.05, 3.63) is 82.8 Å². The third kappa shape index (κ3) is 4.56. The highest BCUT2D eigenvalue weighted by Gasteiger charge is 2.44.